The molecule has 4 aromatic carbocycles. The molecular weight excluding hydrogens is 661 g/mol. The van der Waals surface area contributed by atoms with Crippen LogP contribution in [0.1, 0.15) is 0 Å². The van der Waals surface area contributed by atoms with Crippen molar-refractivity contribution in [3.63, 3.8) is 0 Å². The molecule has 0 unspecified atom stereocenters. The van der Waals surface area contributed by atoms with Gasteiger partial charge in [-0.2, -0.15) is 0 Å². The summed E-state index contributed by atoms with van der Waals surface area (Å²) in [6, 6.07) is 20.5. The topological polar surface area (TPSA) is 168 Å². The fourth-order valence-electron chi connectivity index (χ4n) is 5.19. The van der Waals surface area contributed by atoms with Crippen LogP contribution in [0.2, 0.25) is 0 Å². The summed E-state index contributed by atoms with van der Waals surface area (Å²) in [5, 5.41) is 6.71. The minimum absolute atomic E-state index is 0.0629. The van der Waals surface area contributed by atoms with Gasteiger partial charge in [-0.3, -0.25) is 9.59 Å². The van der Waals surface area contributed by atoms with E-state index in [0.717, 1.165) is 22.1 Å². The maximum absolute atomic E-state index is 13.6. The molecule has 6 aromatic rings. The van der Waals surface area contributed by atoms with Crippen LogP contribution < -0.4 is 20.1 Å². The number of benzene rings is 4. The number of ether oxygens (including phenoxy) is 2. The third-order valence-corrected chi connectivity index (χ3v) is 11.0. The quantitative estimate of drug-likeness (QED) is 0.130. The number of H-pyrrole nitrogens is 2. The number of thioether (sulfide) groups is 2. The monoisotopic (exact) mass is 686 g/mol. The first-order valence-electron chi connectivity index (χ1n) is 14.2. The lowest BCUT2D eigenvalue weighted by Gasteiger charge is -2.07. The summed E-state index contributed by atoms with van der Waals surface area (Å²) in [6.07, 6.45) is 0. The van der Waals surface area contributed by atoms with Crippen LogP contribution in [-0.2, 0) is 19.4 Å². The van der Waals surface area contributed by atoms with E-state index in [1.165, 1.54) is 35.7 Å². The number of hydrogen-bond donors (Lipinski definition) is 4. The Morgan fingerprint density at radius 2 is 1.13 bits per heavy atom. The van der Waals surface area contributed by atoms with Gasteiger partial charge < -0.3 is 30.1 Å². The van der Waals surface area contributed by atoms with Crippen molar-refractivity contribution in [2.75, 3.05) is 36.4 Å². The van der Waals surface area contributed by atoms with E-state index >= 15 is 0 Å². The predicted molar refractivity (Wildman–Crippen MR) is 181 cm³/mol. The van der Waals surface area contributed by atoms with Crippen molar-refractivity contribution in [3.8, 4) is 22.6 Å². The molecular formula is C32H26N6O6S3. The summed E-state index contributed by atoms with van der Waals surface area (Å²) in [4.78, 5) is 40.9. The Morgan fingerprint density at radius 3 is 1.55 bits per heavy atom. The molecule has 12 nitrogen and oxygen atoms in total. The number of nitrogens with zero attached hydrogens (tertiary/aromatic N) is 2. The summed E-state index contributed by atoms with van der Waals surface area (Å²) >= 11 is 2.46. The number of carbonyl (C=O) groups is 2. The van der Waals surface area contributed by atoms with Gasteiger partial charge in [0.2, 0.25) is 21.7 Å². The number of aromatic nitrogens is 4. The highest BCUT2D eigenvalue weighted by atomic mass is 32.2. The molecule has 0 radical (unpaired) electrons. The maximum Gasteiger partial charge on any atom is 0.234 e. The first-order chi connectivity index (χ1) is 22.7. The lowest BCUT2D eigenvalue weighted by atomic mass is 10.0. The third kappa shape index (κ3) is 6.12. The van der Waals surface area contributed by atoms with Crippen molar-refractivity contribution in [3.05, 3.63) is 72.8 Å². The number of sulfone groups is 1. The van der Waals surface area contributed by atoms with Crippen LogP contribution in [0.15, 0.2) is 92.9 Å². The van der Waals surface area contributed by atoms with Gasteiger partial charge in [0.15, 0.2) is 10.3 Å². The number of methoxy groups -OCH3 is 2. The highest BCUT2D eigenvalue weighted by Gasteiger charge is 2.33. The van der Waals surface area contributed by atoms with E-state index in [0.29, 0.717) is 44.3 Å². The van der Waals surface area contributed by atoms with E-state index in [1.54, 1.807) is 38.5 Å². The first kappa shape index (κ1) is 30.7. The van der Waals surface area contributed by atoms with Crippen LogP contribution in [0, 0.1) is 0 Å². The number of hydrogen-bond acceptors (Lipinski definition) is 10. The van der Waals surface area contributed by atoms with E-state index < -0.39 is 9.84 Å². The molecule has 0 saturated carbocycles. The fraction of sp³-hybridized carbons (Fsp3) is 0.125. The van der Waals surface area contributed by atoms with Gasteiger partial charge in [0, 0.05) is 34.6 Å². The predicted octanol–water partition coefficient (Wildman–Crippen LogP) is 5.73. The molecule has 0 fully saturated rings. The molecule has 7 rings (SSSR count). The van der Waals surface area contributed by atoms with Crippen LogP contribution >= 0.6 is 23.5 Å². The largest absolute Gasteiger partial charge is 0.497 e. The number of rotatable bonds is 10. The van der Waals surface area contributed by atoms with E-state index in [4.69, 9.17) is 9.47 Å². The fourth-order valence-corrected chi connectivity index (χ4v) is 8.30. The molecule has 47 heavy (non-hydrogen) atoms. The van der Waals surface area contributed by atoms with Gasteiger partial charge >= 0.3 is 0 Å². The van der Waals surface area contributed by atoms with Crippen LogP contribution in [0.25, 0.3) is 33.2 Å². The molecule has 1 aliphatic rings. The van der Waals surface area contributed by atoms with Crippen LogP contribution in [0.4, 0.5) is 11.4 Å². The Labute approximate surface area is 277 Å². The second kappa shape index (κ2) is 12.3. The molecule has 3 heterocycles. The molecule has 0 atom stereocenters. The maximum atomic E-state index is 13.6. The van der Waals surface area contributed by atoms with Crippen molar-refractivity contribution in [1.82, 2.24) is 19.9 Å². The van der Waals surface area contributed by atoms with Gasteiger partial charge in [-0.15, -0.1) is 0 Å². The normalized spacial score (nSPS) is 12.9. The summed E-state index contributed by atoms with van der Waals surface area (Å²) in [5.74, 6) is 0.890. The molecule has 1 aliphatic heterocycles. The summed E-state index contributed by atoms with van der Waals surface area (Å²) in [5.41, 5.74) is 4.86. The molecule has 0 aliphatic carbocycles. The standard InChI is InChI=1S/C32H26N6O6S3/c1-43-19-5-9-23-25(13-19)37-31(35-23)45-15-29(39)33-17-3-7-21-22-8-4-18(12-28(22)47(41,42)27(21)11-17)34-30(40)16-46-32-36-24-10-6-20(44-2)14-26(24)38-32/h3-14H,15-16H2,1-2H3,(H,33,39)(H,34,40)(H,35,37)(H,36,38). The number of imidazole rings is 2. The Hall–Kier alpha value is -4.99. The van der Waals surface area contributed by atoms with Crippen LogP contribution in [0.5, 0.6) is 11.5 Å². The van der Waals surface area contributed by atoms with E-state index in [2.05, 4.69) is 30.6 Å². The zero-order valence-electron chi connectivity index (χ0n) is 24.9. The number of nitrogens with one attached hydrogen (secondary N) is 4. The summed E-state index contributed by atoms with van der Waals surface area (Å²) in [7, 11) is -0.725. The van der Waals surface area contributed by atoms with Gasteiger partial charge in [0.25, 0.3) is 0 Å². The minimum Gasteiger partial charge on any atom is -0.497 e. The van der Waals surface area contributed by atoms with E-state index in [-0.39, 0.29) is 33.1 Å². The molecule has 2 aromatic heterocycles. The Morgan fingerprint density at radius 1 is 0.681 bits per heavy atom. The van der Waals surface area contributed by atoms with Crippen LogP contribution in [-0.4, -0.2) is 65.9 Å². The zero-order valence-corrected chi connectivity index (χ0v) is 27.4. The molecule has 0 saturated heterocycles. The van der Waals surface area contributed by atoms with Gasteiger partial charge in [-0.25, -0.2) is 18.4 Å². The van der Waals surface area contributed by atoms with Crippen molar-refractivity contribution in [2.24, 2.45) is 0 Å². The number of anilines is 2. The second-order valence-corrected chi connectivity index (χ2v) is 14.3. The first-order valence-corrected chi connectivity index (χ1v) is 17.6. The average molecular weight is 687 g/mol. The Kier molecular flexibility index (Phi) is 8.03. The Balaban J connectivity index is 0.987. The molecule has 0 bridgehead atoms. The smallest absolute Gasteiger partial charge is 0.234 e. The number of carbonyl (C=O) groups excluding carboxylic acids is 2. The molecule has 0 spiro atoms. The molecule has 4 N–H and O–H groups in total. The molecule has 2 amide bonds. The SMILES string of the molecule is COc1ccc2nc(SCC(=O)Nc3ccc4c(c3)S(=O)(=O)c3cc(NC(=O)CSc5nc6ccc(OC)cc6[nH]5)ccc3-4)[nH]c2c1. The molecule has 15 heteroatoms. The van der Waals surface area contributed by atoms with Gasteiger partial charge in [0.05, 0.1) is 57.6 Å². The van der Waals surface area contributed by atoms with Crippen molar-refractivity contribution in [2.45, 2.75) is 20.1 Å². The second-order valence-electron chi connectivity index (χ2n) is 10.4. The zero-order chi connectivity index (χ0) is 32.7. The number of aromatic amines is 2. The van der Waals surface area contributed by atoms with Crippen molar-refractivity contribution < 1.29 is 27.5 Å². The average Bonchev–Trinajstić information content (AvgIpc) is 3.74. The number of fused-ring (bicyclic) bond motifs is 5. The van der Waals surface area contributed by atoms with Crippen molar-refractivity contribution in [1.29, 1.82) is 0 Å². The van der Waals surface area contributed by atoms with Crippen LogP contribution in [0.3, 0.4) is 0 Å². The lowest BCUT2D eigenvalue weighted by molar-refractivity contribution is -0.114. The highest BCUT2D eigenvalue weighted by molar-refractivity contribution is 8.00. The van der Waals surface area contributed by atoms with E-state index in [9.17, 15) is 18.0 Å². The lowest BCUT2D eigenvalue weighted by Crippen LogP contribution is -2.14. The minimum atomic E-state index is -3.90. The Bertz CT molecular complexity index is 2160. The summed E-state index contributed by atoms with van der Waals surface area (Å²) < 4.78 is 37.6. The van der Waals surface area contributed by atoms with Gasteiger partial charge in [-0.05, 0) is 48.5 Å². The number of amides is 2. The molecule has 238 valence electrons. The van der Waals surface area contributed by atoms with Gasteiger partial charge in [-0.1, -0.05) is 35.7 Å². The summed E-state index contributed by atoms with van der Waals surface area (Å²) in [6.45, 7) is 0. The van der Waals surface area contributed by atoms with Gasteiger partial charge in [0.1, 0.15) is 11.5 Å². The third-order valence-electron chi connectivity index (χ3n) is 7.41. The highest BCUT2D eigenvalue weighted by Crippen LogP contribution is 2.45. The van der Waals surface area contributed by atoms with E-state index in [1.807, 2.05) is 36.4 Å². The van der Waals surface area contributed by atoms with Crippen molar-refractivity contribution >= 4 is 78.6 Å².